The van der Waals surface area contributed by atoms with Crippen LogP contribution in [0.3, 0.4) is 0 Å². The van der Waals surface area contributed by atoms with Crippen LogP contribution in [0.4, 0.5) is 0 Å². The van der Waals surface area contributed by atoms with Gasteiger partial charge in [-0.1, -0.05) is 90.4 Å². The lowest BCUT2D eigenvalue weighted by Gasteiger charge is -2.70. The van der Waals surface area contributed by atoms with Crippen molar-refractivity contribution in [3.63, 3.8) is 0 Å². The summed E-state index contributed by atoms with van der Waals surface area (Å²) < 4.78 is 6.16. The molecule has 5 aliphatic carbocycles. The fourth-order valence-corrected chi connectivity index (χ4v) is 11.3. The number of rotatable bonds is 3. The summed E-state index contributed by atoms with van der Waals surface area (Å²) in [6.45, 7) is 17.3. The number of ether oxygens (including phenoxy) is 1. The van der Waals surface area contributed by atoms with Gasteiger partial charge < -0.3 is 4.74 Å². The average molecular weight is 545 g/mol. The lowest BCUT2D eigenvalue weighted by atomic mass is 9.33. The largest absolute Gasteiger partial charge is 0.460 e. The highest BCUT2D eigenvalue weighted by atomic mass is 16.5. The van der Waals surface area contributed by atoms with E-state index in [1.165, 1.54) is 6.42 Å². The molecule has 0 N–H and O–H groups in total. The third-order valence-corrected chi connectivity index (χ3v) is 14.0. The molecule has 0 aromatic heterocycles. The molecule has 0 aliphatic heterocycles. The standard InChI is InChI=1S/C37H52O3/c1-32(2)19-21-37(31(39)40-24-25-11-9-8-10-12-25)22-20-35(6)26(27(37)23-32)13-14-29-34(5)17-16-30(38)33(3,4)28(34)15-18-36(29,35)7/h8-13,27-29H,14-24H2,1-7H3/t27-,28-,29?,34-,35+,36+,37-/m0/s1. The van der Waals surface area contributed by atoms with Gasteiger partial charge in [0.1, 0.15) is 12.4 Å². The fourth-order valence-electron chi connectivity index (χ4n) is 11.3. The number of allylic oxidation sites excluding steroid dienone is 2. The summed E-state index contributed by atoms with van der Waals surface area (Å²) >= 11 is 0. The first-order valence-corrected chi connectivity index (χ1v) is 16.1. The van der Waals surface area contributed by atoms with Crippen LogP contribution in [0, 0.1) is 50.2 Å². The number of benzene rings is 1. The molecule has 6 rings (SSSR count). The number of Topliss-reactive ketones (excluding diaryl/α,β-unsaturated/α-hetero) is 1. The van der Waals surface area contributed by atoms with Crippen LogP contribution in [0.1, 0.15) is 118 Å². The Hall–Kier alpha value is -1.90. The molecule has 0 saturated heterocycles. The van der Waals surface area contributed by atoms with Gasteiger partial charge in [-0.05, 0) is 103 Å². The number of hydrogen-bond acceptors (Lipinski definition) is 3. The Kier molecular flexibility index (Phi) is 6.39. The van der Waals surface area contributed by atoms with E-state index in [1.807, 2.05) is 30.3 Å². The molecule has 0 spiro atoms. The molecule has 3 nitrogen and oxygen atoms in total. The highest BCUT2D eigenvalue weighted by molar-refractivity contribution is 5.85. The third-order valence-electron chi connectivity index (χ3n) is 14.0. The van der Waals surface area contributed by atoms with E-state index in [1.54, 1.807) is 5.57 Å². The van der Waals surface area contributed by atoms with Crippen LogP contribution in [0.15, 0.2) is 42.0 Å². The van der Waals surface area contributed by atoms with E-state index in [4.69, 9.17) is 4.74 Å². The lowest BCUT2D eigenvalue weighted by molar-refractivity contribution is -0.191. The Morgan fingerprint density at radius 3 is 2.30 bits per heavy atom. The second kappa shape index (κ2) is 9.05. The van der Waals surface area contributed by atoms with Crippen LogP contribution in [-0.4, -0.2) is 11.8 Å². The molecule has 7 atom stereocenters. The quantitative estimate of drug-likeness (QED) is 0.281. The third kappa shape index (κ3) is 3.81. The summed E-state index contributed by atoms with van der Waals surface area (Å²) in [5.74, 6) is 1.80. The van der Waals surface area contributed by atoms with Crippen molar-refractivity contribution in [2.45, 2.75) is 119 Å². The SMILES string of the molecule is CC1(C)CC[C@]2(C(=O)OCc3ccccc3)CC[C@]3(C)C(=CCC4[C@@]5(C)CCC(=O)C(C)(C)[C@@H]5CC[C@]43C)[C@@H]2C1. The number of ketones is 1. The van der Waals surface area contributed by atoms with Gasteiger partial charge >= 0.3 is 5.97 Å². The molecule has 1 aromatic carbocycles. The summed E-state index contributed by atoms with van der Waals surface area (Å²) in [7, 11) is 0. The van der Waals surface area contributed by atoms with Crippen LogP contribution in [-0.2, 0) is 20.9 Å². The van der Waals surface area contributed by atoms with Crippen molar-refractivity contribution in [1.29, 1.82) is 0 Å². The van der Waals surface area contributed by atoms with Crippen molar-refractivity contribution in [2.75, 3.05) is 0 Å². The maximum Gasteiger partial charge on any atom is 0.313 e. The van der Waals surface area contributed by atoms with Gasteiger partial charge in [-0.15, -0.1) is 0 Å². The summed E-state index contributed by atoms with van der Waals surface area (Å²) in [5, 5.41) is 0. The molecule has 4 saturated carbocycles. The van der Waals surface area contributed by atoms with Crippen molar-refractivity contribution in [2.24, 2.45) is 50.2 Å². The molecule has 0 radical (unpaired) electrons. The summed E-state index contributed by atoms with van der Waals surface area (Å²) in [6, 6.07) is 10.1. The minimum atomic E-state index is -0.404. The van der Waals surface area contributed by atoms with E-state index in [-0.39, 0.29) is 39.0 Å². The first-order valence-electron chi connectivity index (χ1n) is 16.1. The maximum atomic E-state index is 14.1. The zero-order chi connectivity index (χ0) is 28.8. The van der Waals surface area contributed by atoms with Gasteiger partial charge in [0, 0.05) is 11.8 Å². The van der Waals surface area contributed by atoms with E-state index >= 15 is 0 Å². The average Bonchev–Trinajstić information content (AvgIpc) is 2.90. The van der Waals surface area contributed by atoms with Crippen molar-refractivity contribution in [3.8, 4) is 0 Å². The zero-order valence-electron chi connectivity index (χ0n) is 26.2. The van der Waals surface area contributed by atoms with Crippen LogP contribution < -0.4 is 0 Å². The summed E-state index contributed by atoms with van der Waals surface area (Å²) in [4.78, 5) is 27.2. The topological polar surface area (TPSA) is 43.4 Å². The number of carbonyl (C=O) groups is 2. The molecule has 5 aliphatic rings. The molecule has 0 bridgehead atoms. The Labute approximate surface area is 242 Å². The van der Waals surface area contributed by atoms with Crippen LogP contribution >= 0.6 is 0 Å². The number of hydrogen-bond donors (Lipinski definition) is 0. The first kappa shape index (κ1) is 28.2. The van der Waals surface area contributed by atoms with Gasteiger partial charge in [0.25, 0.3) is 0 Å². The zero-order valence-corrected chi connectivity index (χ0v) is 26.2. The molecule has 3 heteroatoms. The Balaban J connectivity index is 1.37. The lowest BCUT2D eigenvalue weighted by Crippen LogP contribution is -2.64. The van der Waals surface area contributed by atoms with Gasteiger partial charge in [-0.3, -0.25) is 9.59 Å². The minimum absolute atomic E-state index is 0.0373. The molecule has 40 heavy (non-hydrogen) atoms. The van der Waals surface area contributed by atoms with Gasteiger partial charge in [-0.25, -0.2) is 0 Å². The first-order chi connectivity index (χ1) is 18.7. The number of esters is 1. The highest BCUT2D eigenvalue weighted by Crippen LogP contribution is 2.75. The maximum absolute atomic E-state index is 14.1. The van der Waals surface area contributed by atoms with E-state index in [9.17, 15) is 9.59 Å². The Bertz CT molecular complexity index is 1230. The van der Waals surface area contributed by atoms with Gasteiger partial charge in [0.05, 0.1) is 5.41 Å². The predicted molar refractivity (Wildman–Crippen MR) is 160 cm³/mol. The second-order valence-corrected chi connectivity index (χ2v) is 16.6. The highest BCUT2D eigenvalue weighted by Gasteiger charge is 2.69. The van der Waals surface area contributed by atoms with E-state index in [0.717, 1.165) is 63.4 Å². The second-order valence-electron chi connectivity index (χ2n) is 16.6. The van der Waals surface area contributed by atoms with Gasteiger partial charge in [0.15, 0.2) is 0 Å². The van der Waals surface area contributed by atoms with E-state index in [2.05, 4.69) is 54.5 Å². The van der Waals surface area contributed by atoms with Crippen molar-refractivity contribution in [3.05, 3.63) is 47.5 Å². The molecule has 218 valence electrons. The van der Waals surface area contributed by atoms with E-state index < -0.39 is 5.41 Å². The predicted octanol–water partition coefficient (Wildman–Crippen LogP) is 9.10. The number of fused-ring (bicyclic) bond motifs is 7. The van der Waals surface area contributed by atoms with E-state index in [0.29, 0.717) is 24.2 Å². The van der Waals surface area contributed by atoms with Crippen molar-refractivity contribution in [1.82, 2.24) is 0 Å². The van der Waals surface area contributed by atoms with Crippen molar-refractivity contribution < 1.29 is 14.3 Å². The number of carbonyl (C=O) groups excluding carboxylic acids is 2. The molecular formula is C37H52O3. The monoisotopic (exact) mass is 544 g/mol. The van der Waals surface area contributed by atoms with Crippen molar-refractivity contribution >= 4 is 11.8 Å². The molecule has 0 amide bonds. The van der Waals surface area contributed by atoms with Crippen LogP contribution in [0.5, 0.6) is 0 Å². The van der Waals surface area contributed by atoms with Crippen LogP contribution in [0.2, 0.25) is 0 Å². The Morgan fingerprint density at radius 1 is 0.875 bits per heavy atom. The molecular weight excluding hydrogens is 492 g/mol. The van der Waals surface area contributed by atoms with Gasteiger partial charge in [0.2, 0.25) is 0 Å². The molecule has 4 fully saturated rings. The molecule has 1 aromatic rings. The summed E-state index contributed by atoms with van der Waals surface area (Å²) in [6.07, 6.45) is 12.9. The smallest absolute Gasteiger partial charge is 0.313 e. The van der Waals surface area contributed by atoms with Crippen LogP contribution in [0.25, 0.3) is 0 Å². The Morgan fingerprint density at radius 2 is 1.57 bits per heavy atom. The fraction of sp³-hybridized carbons (Fsp3) is 0.730. The molecule has 0 heterocycles. The van der Waals surface area contributed by atoms with Gasteiger partial charge in [-0.2, -0.15) is 0 Å². The molecule has 1 unspecified atom stereocenters. The summed E-state index contributed by atoms with van der Waals surface area (Å²) in [5.41, 5.74) is 2.68. The normalized spacial score (nSPS) is 43.3. The minimum Gasteiger partial charge on any atom is -0.460 e.